The number of piperidine rings is 1. The van der Waals surface area contributed by atoms with Crippen LogP contribution in [0, 0.1) is 0 Å². The fraction of sp³-hybridized carbons (Fsp3) is 0.375. The van der Waals surface area contributed by atoms with Gasteiger partial charge in [0.05, 0.1) is 18.4 Å². The van der Waals surface area contributed by atoms with Gasteiger partial charge in [-0.3, -0.25) is 9.97 Å². The van der Waals surface area contributed by atoms with Gasteiger partial charge in [0.1, 0.15) is 0 Å². The Morgan fingerprint density at radius 3 is 2.50 bits per heavy atom. The average molecular weight is 268 g/mol. The lowest BCUT2D eigenvalue weighted by atomic mass is 10.1. The highest BCUT2D eigenvalue weighted by atomic mass is 15.1. The maximum absolute atomic E-state index is 4.25. The molecule has 0 aliphatic carbocycles. The van der Waals surface area contributed by atoms with Crippen molar-refractivity contribution in [2.45, 2.75) is 25.8 Å². The summed E-state index contributed by atoms with van der Waals surface area (Å²) in [5, 5.41) is 3.37. The summed E-state index contributed by atoms with van der Waals surface area (Å²) in [5.74, 6) is 0. The minimum atomic E-state index is 0.705. The van der Waals surface area contributed by atoms with Gasteiger partial charge in [-0.1, -0.05) is 0 Å². The number of anilines is 2. The Balaban J connectivity index is 1.58. The summed E-state index contributed by atoms with van der Waals surface area (Å²) in [5.41, 5.74) is 3.40. The van der Waals surface area contributed by atoms with Crippen LogP contribution < -0.4 is 10.2 Å². The van der Waals surface area contributed by atoms with Gasteiger partial charge in [-0.05, 0) is 43.5 Å². The van der Waals surface area contributed by atoms with Crippen molar-refractivity contribution >= 4 is 11.4 Å². The maximum Gasteiger partial charge on any atom is 0.0777 e. The molecule has 4 heteroatoms. The lowest BCUT2D eigenvalue weighted by Gasteiger charge is -2.28. The summed E-state index contributed by atoms with van der Waals surface area (Å²) in [6, 6.07) is 8.68. The summed E-state index contributed by atoms with van der Waals surface area (Å²) in [7, 11) is 0. The van der Waals surface area contributed by atoms with Crippen molar-refractivity contribution in [3.05, 3.63) is 48.5 Å². The first kappa shape index (κ1) is 12.9. The van der Waals surface area contributed by atoms with Crippen LogP contribution >= 0.6 is 0 Å². The number of hydrogen-bond acceptors (Lipinski definition) is 4. The van der Waals surface area contributed by atoms with E-state index in [0.717, 1.165) is 11.4 Å². The molecule has 4 nitrogen and oxygen atoms in total. The van der Waals surface area contributed by atoms with Gasteiger partial charge in [0.15, 0.2) is 0 Å². The topological polar surface area (TPSA) is 41.1 Å². The SMILES string of the molecule is c1cnc(CNc2ccc(N3CCCCC3)cc2)cn1. The van der Waals surface area contributed by atoms with Gasteiger partial charge in [-0.2, -0.15) is 0 Å². The second-order valence-corrected chi connectivity index (χ2v) is 5.14. The zero-order chi connectivity index (χ0) is 13.6. The van der Waals surface area contributed by atoms with Gasteiger partial charge >= 0.3 is 0 Å². The van der Waals surface area contributed by atoms with Crippen molar-refractivity contribution in [2.24, 2.45) is 0 Å². The molecule has 104 valence electrons. The molecule has 0 radical (unpaired) electrons. The van der Waals surface area contributed by atoms with E-state index in [4.69, 9.17) is 0 Å². The molecular formula is C16H20N4. The molecule has 3 rings (SSSR count). The first-order chi connectivity index (χ1) is 9.92. The Morgan fingerprint density at radius 1 is 1.00 bits per heavy atom. The zero-order valence-corrected chi connectivity index (χ0v) is 11.6. The van der Waals surface area contributed by atoms with E-state index in [1.165, 1.54) is 38.0 Å². The molecule has 1 aromatic carbocycles. The largest absolute Gasteiger partial charge is 0.379 e. The molecular weight excluding hydrogens is 248 g/mol. The minimum Gasteiger partial charge on any atom is -0.379 e. The van der Waals surface area contributed by atoms with Crippen LogP contribution in [0.4, 0.5) is 11.4 Å². The Hall–Kier alpha value is -2.10. The fourth-order valence-electron chi connectivity index (χ4n) is 2.56. The molecule has 1 aliphatic rings. The predicted molar refractivity (Wildman–Crippen MR) is 81.9 cm³/mol. The second-order valence-electron chi connectivity index (χ2n) is 5.14. The average Bonchev–Trinajstić information content (AvgIpc) is 2.55. The van der Waals surface area contributed by atoms with E-state index in [1.807, 2.05) is 0 Å². The molecule has 20 heavy (non-hydrogen) atoms. The monoisotopic (exact) mass is 268 g/mol. The van der Waals surface area contributed by atoms with Crippen LogP contribution in [0.3, 0.4) is 0 Å². The molecule has 1 fully saturated rings. The standard InChI is InChI=1S/C16H20N4/c1-2-10-20(11-3-1)16-6-4-14(5-7-16)19-13-15-12-17-8-9-18-15/h4-9,12,19H,1-3,10-11,13H2. The van der Waals surface area contributed by atoms with E-state index >= 15 is 0 Å². The van der Waals surface area contributed by atoms with Crippen LogP contribution in [-0.2, 0) is 6.54 Å². The molecule has 0 saturated carbocycles. The van der Waals surface area contributed by atoms with E-state index in [9.17, 15) is 0 Å². The Kier molecular flexibility index (Phi) is 4.11. The number of nitrogens with zero attached hydrogens (tertiary/aromatic N) is 3. The number of nitrogens with one attached hydrogen (secondary N) is 1. The molecule has 0 spiro atoms. The third-order valence-corrected chi connectivity index (χ3v) is 3.68. The van der Waals surface area contributed by atoms with Crippen molar-refractivity contribution in [3.63, 3.8) is 0 Å². The summed E-state index contributed by atoms with van der Waals surface area (Å²) in [6.07, 6.45) is 9.19. The molecule has 1 aromatic heterocycles. The number of rotatable bonds is 4. The first-order valence-electron chi connectivity index (χ1n) is 7.25. The van der Waals surface area contributed by atoms with Crippen molar-refractivity contribution in [3.8, 4) is 0 Å². The van der Waals surface area contributed by atoms with E-state index in [2.05, 4.69) is 44.5 Å². The summed E-state index contributed by atoms with van der Waals surface area (Å²) in [6.45, 7) is 3.08. The molecule has 1 N–H and O–H groups in total. The zero-order valence-electron chi connectivity index (χ0n) is 11.6. The van der Waals surface area contributed by atoms with E-state index < -0.39 is 0 Å². The molecule has 0 atom stereocenters. The summed E-state index contributed by atoms with van der Waals surface area (Å²) < 4.78 is 0. The van der Waals surface area contributed by atoms with Crippen molar-refractivity contribution in [1.29, 1.82) is 0 Å². The van der Waals surface area contributed by atoms with Gasteiger partial charge in [0, 0.05) is 36.9 Å². The van der Waals surface area contributed by atoms with E-state index in [1.54, 1.807) is 18.6 Å². The van der Waals surface area contributed by atoms with Crippen LogP contribution in [0.5, 0.6) is 0 Å². The quantitative estimate of drug-likeness (QED) is 0.925. The summed E-state index contributed by atoms with van der Waals surface area (Å²) in [4.78, 5) is 10.8. The van der Waals surface area contributed by atoms with Gasteiger partial charge in [-0.15, -0.1) is 0 Å². The molecule has 0 unspecified atom stereocenters. The van der Waals surface area contributed by atoms with Crippen LogP contribution in [0.15, 0.2) is 42.9 Å². The van der Waals surface area contributed by atoms with Crippen LogP contribution in [-0.4, -0.2) is 23.1 Å². The van der Waals surface area contributed by atoms with Crippen LogP contribution in [0.1, 0.15) is 25.0 Å². The molecule has 1 saturated heterocycles. The second kappa shape index (κ2) is 6.37. The van der Waals surface area contributed by atoms with Crippen molar-refractivity contribution < 1.29 is 0 Å². The lowest BCUT2D eigenvalue weighted by molar-refractivity contribution is 0.578. The molecule has 0 amide bonds. The summed E-state index contributed by atoms with van der Waals surface area (Å²) >= 11 is 0. The highest BCUT2D eigenvalue weighted by Gasteiger charge is 2.10. The molecule has 2 heterocycles. The number of benzene rings is 1. The minimum absolute atomic E-state index is 0.705. The molecule has 1 aliphatic heterocycles. The number of aromatic nitrogens is 2. The van der Waals surface area contributed by atoms with Gasteiger partial charge in [-0.25, -0.2) is 0 Å². The van der Waals surface area contributed by atoms with Crippen molar-refractivity contribution in [1.82, 2.24) is 9.97 Å². The smallest absolute Gasteiger partial charge is 0.0777 e. The fourth-order valence-corrected chi connectivity index (χ4v) is 2.56. The van der Waals surface area contributed by atoms with E-state index in [-0.39, 0.29) is 0 Å². The van der Waals surface area contributed by atoms with Gasteiger partial charge < -0.3 is 10.2 Å². The normalized spacial score (nSPS) is 15.1. The van der Waals surface area contributed by atoms with Gasteiger partial charge in [0.2, 0.25) is 0 Å². The van der Waals surface area contributed by atoms with Crippen LogP contribution in [0.2, 0.25) is 0 Å². The first-order valence-corrected chi connectivity index (χ1v) is 7.25. The van der Waals surface area contributed by atoms with Gasteiger partial charge in [0.25, 0.3) is 0 Å². The Labute approximate surface area is 119 Å². The molecule has 2 aromatic rings. The highest BCUT2D eigenvalue weighted by molar-refractivity contribution is 5.55. The van der Waals surface area contributed by atoms with E-state index in [0.29, 0.717) is 6.54 Å². The molecule has 0 bridgehead atoms. The third kappa shape index (κ3) is 3.26. The van der Waals surface area contributed by atoms with Crippen molar-refractivity contribution in [2.75, 3.05) is 23.3 Å². The Morgan fingerprint density at radius 2 is 1.80 bits per heavy atom. The maximum atomic E-state index is 4.25. The van der Waals surface area contributed by atoms with Crippen LogP contribution in [0.25, 0.3) is 0 Å². The Bertz CT molecular complexity index is 518. The number of hydrogen-bond donors (Lipinski definition) is 1. The lowest BCUT2D eigenvalue weighted by Crippen LogP contribution is -2.29. The third-order valence-electron chi connectivity index (χ3n) is 3.68. The highest BCUT2D eigenvalue weighted by Crippen LogP contribution is 2.21. The predicted octanol–water partition coefficient (Wildman–Crippen LogP) is 3.08.